The van der Waals surface area contributed by atoms with Gasteiger partial charge in [-0.25, -0.2) is 0 Å². The highest BCUT2D eigenvalue weighted by Gasteiger charge is 2.00. The Kier molecular flexibility index (Phi) is 1.89. The van der Waals surface area contributed by atoms with Crippen LogP contribution in [0.5, 0.6) is 0 Å². The van der Waals surface area contributed by atoms with Gasteiger partial charge in [0.25, 0.3) is 0 Å². The number of anilines is 1. The number of fused-ring (bicyclic) bond motifs is 1. The Morgan fingerprint density at radius 1 is 1.29 bits per heavy atom. The summed E-state index contributed by atoms with van der Waals surface area (Å²) in [5.74, 6) is 5.15. The van der Waals surface area contributed by atoms with Crippen LogP contribution < -0.4 is 17.1 Å². The summed E-state index contributed by atoms with van der Waals surface area (Å²) >= 11 is 0. The first-order valence-electron chi connectivity index (χ1n) is 4.24. The lowest BCUT2D eigenvalue weighted by Crippen LogP contribution is -2.05. The summed E-state index contributed by atoms with van der Waals surface area (Å²) < 4.78 is 5.40. The van der Waals surface area contributed by atoms with E-state index in [2.05, 4.69) is 5.10 Å². The molecule has 0 amide bonds. The maximum atomic E-state index is 5.64. The van der Waals surface area contributed by atoms with Crippen LogP contribution in [0.15, 0.2) is 33.8 Å². The largest absolute Gasteiger partial charge is 0.437 e. The molecule has 0 aliphatic carbocycles. The van der Waals surface area contributed by atoms with E-state index in [0.29, 0.717) is 16.8 Å². The molecular weight excluding hydrogens is 178 g/mol. The first kappa shape index (κ1) is 8.62. The summed E-state index contributed by atoms with van der Waals surface area (Å²) in [5.41, 5.74) is 8.48. The first-order valence-corrected chi connectivity index (χ1v) is 4.24. The van der Waals surface area contributed by atoms with Crippen LogP contribution in [-0.4, -0.2) is 0 Å². The average Bonchev–Trinajstić information content (AvgIpc) is 2.16. The second-order valence-corrected chi connectivity index (χ2v) is 3.15. The van der Waals surface area contributed by atoms with Crippen molar-refractivity contribution in [2.45, 2.75) is 6.92 Å². The summed E-state index contributed by atoms with van der Waals surface area (Å²) in [7, 11) is 0. The standard InChI is InChI=1S/C10H11N3O/c1-6-4-10(13-12)14-9-5-7(11)2-3-8(6)9/h2-5H,11-12H2,1H3. The molecule has 0 spiro atoms. The molecule has 0 bridgehead atoms. The number of hydrogen-bond donors (Lipinski definition) is 2. The smallest absolute Gasteiger partial charge is 0.236 e. The topological polar surface area (TPSA) is 77.5 Å². The van der Waals surface area contributed by atoms with Gasteiger partial charge < -0.3 is 16.0 Å². The lowest BCUT2D eigenvalue weighted by molar-refractivity contribution is 0.536. The molecule has 0 saturated heterocycles. The zero-order chi connectivity index (χ0) is 10.1. The van der Waals surface area contributed by atoms with Gasteiger partial charge in [0.15, 0.2) is 0 Å². The normalized spacial score (nSPS) is 12.2. The molecular formula is C10H11N3O. The maximum absolute atomic E-state index is 5.64. The zero-order valence-corrected chi connectivity index (χ0v) is 7.82. The molecule has 2 rings (SSSR count). The van der Waals surface area contributed by atoms with E-state index in [1.807, 2.05) is 19.1 Å². The van der Waals surface area contributed by atoms with Crippen molar-refractivity contribution < 1.29 is 4.42 Å². The molecule has 0 aliphatic rings. The average molecular weight is 189 g/mol. The summed E-state index contributed by atoms with van der Waals surface area (Å²) in [6.07, 6.45) is 0. The molecule has 1 aromatic carbocycles. The fraction of sp³-hybridized carbons (Fsp3) is 0.100. The van der Waals surface area contributed by atoms with Crippen LogP contribution in [0, 0.1) is 6.92 Å². The van der Waals surface area contributed by atoms with Gasteiger partial charge in [0.05, 0.1) is 0 Å². The predicted octanol–water partition coefficient (Wildman–Crippen LogP) is 1.10. The number of hydrogen-bond acceptors (Lipinski definition) is 4. The van der Waals surface area contributed by atoms with Crippen molar-refractivity contribution in [3.05, 3.63) is 35.4 Å². The van der Waals surface area contributed by atoms with Crippen molar-refractivity contribution in [3.8, 4) is 0 Å². The molecule has 0 saturated carbocycles. The summed E-state index contributed by atoms with van der Waals surface area (Å²) in [6.45, 7) is 1.97. The Morgan fingerprint density at radius 2 is 2.07 bits per heavy atom. The molecule has 0 aliphatic heterocycles. The number of rotatable bonds is 0. The van der Waals surface area contributed by atoms with Gasteiger partial charge in [-0.05, 0) is 24.6 Å². The Bertz CT molecular complexity index is 543. The van der Waals surface area contributed by atoms with E-state index in [4.69, 9.17) is 16.0 Å². The van der Waals surface area contributed by atoms with Gasteiger partial charge in [-0.15, -0.1) is 5.10 Å². The van der Waals surface area contributed by atoms with Gasteiger partial charge in [0, 0.05) is 23.2 Å². The minimum absolute atomic E-state index is 0.403. The molecule has 0 unspecified atom stereocenters. The molecule has 4 N–H and O–H groups in total. The number of benzene rings is 1. The fourth-order valence-corrected chi connectivity index (χ4v) is 1.42. The molecule has 0 radical (unpaired) electrons. The molecule has 4 heteroatoms. The van der Waals surface area contributed by atoms with Gasteiger partial charge in [-0.2, -0.15) is 0 Å². The molecule has 1 heterocycles. The van der Waals surface area contributed by atoms with Gasteiger partial charge in [0.1, 0.15) is 5.58 Å². The maximum Gasteiger partial charge on any atom is 0.236 e. The predicted molar refractivity (Wildman–Crippen MR) is 55.1 cm³/mol. The monoisotopic (exact) mass is 189 g/mol. The van der Waals surface area contributed by atoms with E-state index >= 15 is 0 Å². The van der Waals surface area contributed by atoms with Crippen LogP contribution in [0.4, 0.5) is 5.69 Å². The van der Waals surface area contributed by atoms with E-state index in [1.165, 1.54) is 0 Å². The second kappa shape index (κ2) is 3.06. The van der Waals surface area contributed by atoms with Crippen molar-refractivity contribution in [2.24, 2.45) is 10.9 Å². The Morgan fingerprint density at radius 3 is 2.79 bits per heavy atom. The zero-order valence-electron chi connectivity index (χ0n) is 7.82. The van der Waals surface area contributed by atoms with Gasteiger partial charge in [-0.1, -0.05) is 0 Å². The molecule has 0 atom stereocenters. The highest BCUT2D eigenvalue weighted by atomic mass is 16.3. The van der Waals surface area contributed by atoms with Crippen LogP contribution >= 0.6 is 0 Å². The first-order chi connectivity index (χ1) is 6.70. The Hall–Kier alpha value is -1.97. The molecule has 2 aromatic rings. The number of nitrogens with zero attached hydrogens (tertiary/aromatic N) is 1. The molecule has 1 aromatic heterocycles. The van der Waals surface area contributed by atoms with Gasteiger partial charge in [0.2, 0.25) is 5.55 Å². The summed E-state index contributed by atoms with van der Waals surface area (Å²) in [5, 5.41) is 4.52. The number of nitrogen functional groups attached to an aromatic ring is 1. The molecule has 14 heavy (non-hydrogen) atoms. The van der Waals surface area contributed by atoms with Crippen molar-refractivity contribution >= 4 is 16.7 Å². The lowest BCUT2D eigenvalue weighted by atomic mass is 10.1. The Labute approximate surface area is 80.8 Å². The lowest BCUT2D eigenvalue weighted by Gasteiger charge is -2.01. The molecule has 0 fully saturated rings. The van der Waals surface area contributed by atoms with Crippen LogP contribution in [0.2, 0.25) is 0 Å². The third-order valence-corrected chi connectivity index (χ3v) is 2.11. The summed E-state index contributed by atoms with van der Waals surface area (Å²) in [4.78, 5) is 0. The van der Waals surface area contributed by atoms with Gasteiger partial charge in [-0.3, -0.25) is 0 Å². The van der Waals surface area contributed by atoms with E-state index in [9.17, 15) is 0 Å². The van der Waals surface area contributed by atoms with E-state index in [-0.39, 0.29) is 0 Å². The minimum atomic E-state index is 0.403. The van der Waals surface area contributed by atoms with Crippen LogP contribution in [0.3, 0.4) is 0 Å². The third-order valence-electron chi connectivity index (χ3n) is 2.11. The van der Waals surface area contributed by atoms with E-state index in [0.717, 1.165) is 10.9 Å². The van der Waals surface area contributed by atoms with Gasteiger partial charge >= 0.3 is 0 Å². The minimum Gasteiger partial charge on any atom is -0.437 e. The van der Waals surface area contributed by atoms with E-state index < -0.39 is 0 Å². The van der Waals surface area contributed by atoms with Crippen molar-refractivity contribution in [3.63, 3.8) is 0 Å². The van der Waals surface area contributed by atoms with Crippen LogP contribution in [0.1, 0.15) is 5.56 Å². The van der Waals surface area contributed by atoms with Crippen molar-refractivity contribution in [1.29, 1.82) is 0 Å². The van der Waals surface area contributed by atoms with Crippen molar-refractivity contribution in [1.82, 2.24) is 0 Å². The molecule has 4 nitrogen and oxygen atoms in total. The second-order valence-electron chi connectivity index (χ2n) is 3.15. The van der Waals surface area contributed by atoms with Crippen LogP contribution in [-0.2, 0) is 0 Å². The highest BCUT2D eigenvalue weighted by molar-refractivity contribution is 5.82. The SMILES string of the molecule is Cc1cc(=NN)oc2cc(N)ccc12. The molecule has 72 valence electrons. The Balaban J connectivity index is 2.91. The third kappa shape index (κ3) is 1.31. The fourth-order valence-electron chi connectivity index (χ4n) is 1.42. The number of aryl methyl sites for hydroxylation is 1. The van der Waals surface area contributed by atoms with E-state index in [1.54, 1.807) is 12.1 Å². The van der Waals surface area contributed by atoms with Crippen LogP contribution in [0.25, 0.3) is 11.0 Å². The van der Waals surface area contributed by atoms with Crippen molar-refractivity contribution in [2.75, 3.05) is 5.73 Å². The quantitative estimate of drug-likeness (QED) is 0.370. The summed E-state index contributed by atoms with van der Waals surface area (Å²) in [6, 6.07) is 7.31. The number of nitrogens with two attached hydrogens (primary N) is 2. The highest BCUT2D eigenvalue weighted by Crippen LogP contribution is 2.18.